The summed E-state index contributed by atoms with van der Waals surface area (Å²) in [6, 6.07) is -1.04. The zero-order chi connectivity index (χ0) is 13.8. The van der Waals surface area contributed by atoms with E-state index in [1.165, 1.54) is 0 Å². The molecule has 18 heavy (non-hydrogen) atoms. The molecule has 1 fully saturated rings. The van der Waals surface area contributed by atoms with Crippen LogP contribution in [0, 0.1) is 0 Å². The summed E-state index contributed by atoms with van der Waals surface area (Å²) in [6.07, 6.45) is -2.07. The summed E-state index contributed by atoms with van der Waals surface area (Å²) in [5.74, 6) is 0. The van der Waals surface area contributed by atoms with Gasteiger partial charge in [0.2, 0.25) is 3.79 Å². The molecule has 1 saturated heterocycles. The molecule has 0 aromatic heterocycles. The van der Waals surface area contributed by atoms with Crippen LogP contribution >= 0.6 is 34.8 Å². The summed E-state index contributed by atoms with van der Waals surface area (Å²) in [5.41, 5.74) is 0. The molecule has 0 aromatic carbocycles. The number of alkyl halides is 3. The standard InChI is InChI=1S/C7H6Cl3N3O5/c8-7(9,10)3-18-5(15)12-11-4(14)13-1-2-17-6(13)16/h1-3H2/b12-11+. The Morgan fingerprint density at radius 3 is 2.56 bits per heavy atom. The molecule has 0 N–H and O–H groups in total. The molecule has 0 bridgehead atoms. The van der Waals surface area contributed by atoms with Crippen LogP contribution in [0.15, 0.2) is 10.2 Å². The molecule has 11 heteroatoms. The van der Waals surface area contributed by atoms with Crippen LogP contribution in [0.2, 0.25) is 0 Å². The lowest BCUT2D eigenvalue weighted by Crippen LogP contribution is -2.28. The van der Waals surface area contributed by atoms with Crippen LogP contribution in [-0.4, -0.2) is 46.7 Å². The second kappa shape index (κ2) is 6.17. The maximum atomic E-state index is 11.2. The van der Waals surface area contributed by atoms with E-state index in [4.69, 9.17) is 34.8 Å². The zero-order valence-corrected chi connectivity index (χ0v) is 10.9. The van der Waals surface area contributed by atoms with Gasteiger partial charge >= 0.3 is 18.2 Å². The van der Waals surface area contributed by atoms with Gasteiger partial charge in [0.25, 0.3) is 0 Å². The minimum atomic E-state index is -1.78. The first-order valence-corrected chi connectivity index (χ1v) is 5.56. The molecule has 1 heterocycles. The topological polar surface area (TPSA) is 97.6 Å². The summed E-state index contributed by atoms with van der Waals surface area (Å²) in [7, 11) is 0. The average Bonchev–Trinajstić information content (AvgIpc) is 2.68. The van der Waals surface area contributed by atoms with Gasteiger partial charge in [0.15, 0.2) is 0 Å². The van der Waals surface area contributed by atoms with Gasteiger partial charge in [0.1, 0.15) is 13.2 Å². The summed E-state index contributed by atoms with van der Waals surface area (Å²) in [4.78, 5) is 33.8. The number of rotatable bonds is 1. The molecule has 1 rings (SSSR count). The van der Waals surface area contributed by atoms with Crippen LogP contribution in [0.3, 0.4) is 0 Å². The van der Waals surface area contributed by atoms with Crippen molar-refractivity contribution in [3.05, 3.63) is 0 Å². The molecule has 100 valence electrons. The molecule has 0 aromatic rings. The first-order chi connectivity index (χ1) is 8.29. The van der Waals surface area contributed by atoms with Crippen LogP contribution in [0.5, 0.6) is 0 Å². The second-order valence-electron chi connectivity index (χ2n) is 2.92. The maximum Gasteiger partial charge on any atom is 0.452 e. The van der Waals surface area contributed by atoms with Crippen LogP contribution in [0.25, 0.3) is 0 Å². The van der Waals surface area contributed by atoms with Gasteiger partial charge in [-0.2, -0.15) is 0 Å². The van der Waals surface area contributed by atoms with Gasteiger partial charge in [-0.1, -0.05) is 45.0 Å². The SMILES string of the molecule is O=C(/N=N/C(=O)N1CCOC1=O)OCC(Cl)(Cl)Cl. The number of amides is 4. The highest BCUT2D eigenvalue weighted by Crippen LogP contribution is 2.26. The Balaban J connectivity index is 2.41. The van der Waals surface area contributed by atoms with Gasteiger partial charge in [-0.05, 0) is 0 Å². The van der Waals surface area contributed by atoms with Crippen LogP contribution < -0.4 is 0 Å². The van der Waals surface area contributed by atoms with Crippen molar-refractivity contribution in [2.75, 3.05) is 19.8 Å². The van der Waals surface area contributed by atoms with Crippen LogP contribution in [0.4, 0.5) is 14.4 Å². The summed E-state index contributed by atoms with van der Waals surface area (Å²) >= 11 is 15.9. The first-order valence-electron chi connectivity index (χ1n) is 4.43. The monoisotopic (exact) mass is 317 g/mol. The predicted molar refractivity (Wildman–Crippen MR) is 59.9 cm³/mol. The lowest BCUT2D eigenvalue weighted by molar-refractivity contribution is 0.154. The van der Waals surface area contributed by atoms with Crippen molar-refractivity contribution in [1.82, 2.24) is 4.90 Å². The Labute approximate surface area is 116 Å². The number of imide groups is 1. The Kier molecular flexibility index (Phi) is 5.12. The molecule has 0 spiro atoms. The fraction of sp³-hybridized carbons (Fsp3) is 0.571. The van der Waals surface area contributed by atoms with E-state index in [-0.39, 0.29) is 13.2 Å². The second-order valence-corrected chi connectivity index (χ2v) is 5.43. The van der Waals surface area contributed by atoms with Crippen molar-refractivity contribution in [2.24, 2.45) is 10.2 Å². The number of hydrogen-bond acceptors (Lipinski definition) is 5. The summed E-state index contributed by atoms with van der Waals surface area (Å²) in [5, 5.41) is 5.86. The summed E-state index contributed by atoms with van der Waals surface area (Å²) in [6.45, 7) is -0.437. The van der Waals surface area contributed by atoms with Gasteiger partial charge in [-0.15, -0.1) is 0 Å². The van der Waals surface area contributed by atoms with Crippen molar-refractivity contribution in [3.8, 4) is 0 Å². The van der Waals surface area contributed by atoms with Crippen molar-refractivity contribution in [3.63, 3.8) is 0 Å². The number of nitrogens with zero attached hydrogens (tertiary/aromatic N) is 3. The van der Waals surface area contributed by atoms with Gasteiger partial charge < -0.3 is 9.47 Å². The van der Waals surface area contributed by atoms with Crippen molar-refractivity contribution < 1.29 is 23.9 Å². The lowest BCUT2D eigenvalue weighted by atomic mass is 10.6. The first kappa shape index (κ1) is 14.9. The maximum absolute atomic E-state index is 11.2. The Morgan fingerprint density at radius 1 is 1.39 bits per heavy atom. The summed E-state index contributed by atoms with van der Waals surface area (Å²) < 4.78 is 7.06. The minimum absolute atomic E-state index is 0.0416. The van der Waals surface area contributed by atoms with E-state index >= 15 is 0 Å². The highest BCUT2D eigenvalue weighted by molar-refractivity contribution is 6.67. The number of cyclic esters (lactones) is 1. The Bertz CT molecular complexity index is 394. The fourth-order valence-electron chi connectivity index (χ4n) is 0.877. The predicted octanol–water partition coefficient (Wildman–Crippen LogP) is 2.52. The van der Waals surface area contributed by atoms with E-state index in [9.17, 15) is 14.4 Å². The number of carbonyl (C=O) groups excluding carboxylic acids is 3. The highest BCUT2D eigenvalue weighted by atomic mass is 35.6. The molecule has 0 saturated carbocycles. The lowest BCUT2D eigenvalue weighted by Gasteiger charge is -2.08. The molecule has 8 nitrogen and oxygen atoms in total. The molecule has 1 aliphatic rings. The third kappa shape index (κ3) is 5.03. The Morgan fingerprint density at radius 2 is 2.06 bits per heavy atom. The smallest absolute Gasteiger partial charge is 0.447 e. The minimum Gasteiger partial charge on any atom is -0.447 e. The normalized spacial score (nSPS) is 15.9. The molecular formula is C7H6Cl3N3O5. The number of halogens is 3. The molecule has 0 aliphatic carbocycles. The van der Waals surface area contributed by atoms with Gasteiger partial charge in [-0.25, -0.2) is 19.3 Å². The molecule has 0 unspecified atom stereocenters. The molecular weight excluding hydrogens is 312 g/mol. The van der Waals surface area contributed by atoms with E-state index in [1.54, 1.807) is 0 Å². The van der Waals surface area contributed by atoms with Gasteiger partial charge in [0, 0.05) is 0 Å². The molecule has 4 amide bonds. The largest absolute Gasteiger partial charge is 0.452 e. The van der Waals surface area contributed by atoms with Crippen LogP contribution in [0.1, 0.15) is 0 Å². The van der Waals surface area contributed by atoms with E-state index in [2.05, 4.69) is 19.7 Å². The third-order valence-electron chi connectivity index (χ3n) is 1.57. The average molecular weight is 318 g/mol. The van der Waals surface area contributed by atoms with Crippen molar-refractivity contribution in [2.45, 2.75) is 3.79 Å². The van der Waals surface area contributed by atoms with E-state index in [0.717, 1.165) is 0 Å². The highest BCUT2D eigenvalue weighted by Gasteiger charge is 2.28. The Hall–Kier alpha value is -1.12. The zero-order valence-electron chi connectivity index (χ0n) is 8.64. The quantitative estimate of drug-likeness (QED) is 0.546. The third-order valence-corrected chi connectivity index (χ3v) is 1.90. The van der Waals surface area contributed by atoms with Crippen molar-refractivity contribution in [1.29, 1.82) is 0 Å². The van der Waals surface area contributed by atoms with Gasteiger partial charge in [-0.3, -0.25) is 0 Å². The van der Waals surface area contributed by atoms with E-state index in [1.807, 2.05) is 0 Å². The van der Waals surface area contributed by atoms with E-state index < -0.39 is 28.6 Å². The molecule has 0 atom stereocenters. The number of urea groups is 1. The number of hydrogen-bond donors (Lipinski definition) is 0. The number of azo groups is 1. The molecule has 1 aliphatic heterocycles. The van der Waals surface area contributed by atoms with E-state index in [0.29, 0.717) is 4.90 Å². The number of ether oxygens (including phenoxy) is 2. The van der Waals surface area contributed by atoms with Crippen LogP contribution in [-0.2, 0) is 9.47 Å². The fourth-order valence-corrected chi connectivity index (χ4v) is 1.04. The van der Waals surface area contributed by atoms with Crippen molar-refractivity contribution >= 4 is 53.0 Å². The number of carbonyl (C=O) groups is 3. The van der Waals surface area contributed by atoms with Gasteiger partial charge in [0.05, 0.1) is 6.54 Å². The molecule has 0 radical (unpaired) electrons.